The van der Waals surface area contributed by atoms with Crippen molar-refractivity contribution in [2.75, 3.05) is 6.61 Å². The van der Waals surface area contributed by atoms with Crippen LogP contribution in [0.2, 0.25) is 16.6 Å². The Balaban J connectivity index is 3.06. The molecule has 0 aromatic carbocycles. The van der Waals surface area contributed by atoms with Crippen molar-refractivity contribution in [2.45, 2.75) is 78.1 Å². The zero-order chi connectivity index (χ0) is 16.2. The molecule has 0 spiro atoms. The number of allylic oxidation sites excluding steroid dienone is 1. The van der Waals surface area contributed by atoms with Crippen molar-refractivity contribution in [3.63, 3.8) is 0 Å². The highest BCUT2D eigenvalue weighted by atomic mass is 28.4. The Morgan fingerprint density at radius 3 is 2.10 bits per heavy atom. The molecule has 1 aliphatic heterocycles. The molecular formula is C18H34O2Si. The first-order chi connectivity index (χ1) is 9.77. The molecule has 0 aliphatic carbocycles. The third kappa shape index (κ3) is 3.81. The fourth-order valence-corrected chi connectivity index (χ4v) is 9.22. The molecule has 122 valence electrons. The maximum Gasteiger partial charge on any atom is 0.258 e. The fraction of sp³-hybridized carbons (Fsp3) is 0.778. The van der Waals surface area contributed by atoms with Gasteiger partial charge in [-0.1, -0.05) is 60.6 Å². The van der Waals surface area contributed by atoms with Crippen LogP contribution >= 0.6 is 0 Å². The van der Waals surface area contributed by atoms with E-state index in [-0.39, 0.29) is 6.10 Å². The average Bonchev–Trinajstić information content (AvgIpc) is 2.38. The van der Waals surface area contributed by atoms with E-state index in [0.29, 0.717) is 29.1 Å². The van der Waals surface area contributed by atoms with Gasteiger partial charge in [0.05, 0.1) is 18.5 Å². The first-order valence-electron chi connectivity index (χ1n) is 8.40. The summed E-state index contributed by atoms with van der Waals surface area (Å²) in [6, 6.07) is 0. The van der Waals surface area contributed by atoms with Crippen molar-refractivity contribution < 1.29 is 9.16 Å². The van der Waals surface area contributed by atoms with Crippen molar-refractivity contribution in [1.82, 2.24) is 0 Å². The molecule has 1 aliphatic rings. The molecule has 0 saturated heterocycles. The highest BCUT2D eigenvalue weighted by Crippen LogP contribution is 2.45. The van der Waals surface area contributed by atoms with E-state index in [1.54, 1.807) is 0 Å². The predicted octanol–water partition coefficient (Wildman–Crippen LogP) is 5.67. The Labute approximate surface area is 132 Å². The topological polar surface area (TPSA) is 18.5 Å². The van der Waals surface area contributed by atoms with Crippen LogP contribution < -0.4 is 0 Å². The molecule has 2 atom stereocenters. The summed E-state index contributed by atoms with van der Waals surface area (Å²) in [7, 11) is -1.86. The van der Waals surface area contributed by atoms with Crippen LogP contribution in [0, 0.1) is 5.92 Å². The second-order valence-corrected chi connectivity index (χ2v) is 12.5. The summed E-state index contributed by atoms with van der Waals surface area (Å²) in [6.45, 7) is 18.9. The molecule has 3 heteroatoms. The minimum absolute atomic E-state index is 0.146. The maximum atomic E-state index is 6.84. The first kappa shape index (κ1) is 18.5. The van der Waals surface area contributed by atoms with E-state index in [0.717, 1.165) is 5.76 Å². The molecule has 1 rings (SSSR count). The van der Waals surface area contributed by atoms with Crippen molar-refractivity contribution in [2.24, 2.45) is 5.92 Å². The predicted molar refractivity (Wildman–Crippen MR) is 93.9 cm³/mol. The van der Waals surface area contributed by atoms with E-state index < -0.39 is 8.32 Å². The third-order valence-corrected chi connectivity index (χ3v) is 10.9. The van der Waals surface area contributed by atoms with Crippen LogP contribution in [0.1, 0.15) is 55.4 Å². The second kappa shape index (κ2) is 7.64. The highest BCUT2D eigenvalue weighted by Gasteiger charge is 2.48. The van der Waals surface area contributed by atoms with Crippen LogP contribution in [0.4, 0.5) is 0 Å². The molecule has 0 aromatic rings. The van der Waals surface area contributed by atoms with Gasteiger partial charge in [-0.2, -0.15) is 0 Å². The minimum atomic E-state index is -1.86. The van der Waals surface area contributed by atoms with Crippen molar-refractivity contribution in [1.29, 1.82) is 0 Å². The van der Waals surface area contributed by atoms with Gasteiger partial charge in [-0.05, 0) is 29.6 Å². The zero-order valence-electron chi connectivity index (χ0n) is 15.1. The van der Waals surface area contributed by atoms with Gasteiger partial charge in [-0.3, -0.25) is 0 Å². The van der Waals surface area contributed by atoms with Gasteiger partial charge in [-0.25, -0.2) is 0 Å². The molecule has 0 N–H and O–H groups in total. The molecule has 0 radical (unpaired) electrons. The van der Waals surface area contributed by atoms with Gasteiger partial charge < -0.3 is 9.16 Å². The van der Waals surface area contributed by atoms with E-state index in [9.17, 15) is 0 Å². The fourth-order valence-electron chi connectivity index (χ4n) is 3.84. The number of ether oxygens (including phenoxy) is 1. The summed E-state index contributed by atoms with van der Waals surface area (Å²) >= 11 is 0. The standard InChI is InChI=1S/C18H34O2Si/c1-9-10-17-16(8)18(11-12-19-17)20-21(13(2)3,14(4)5)15(6)7/h9-11,13-17H,12H2,1-8H3/b10-9+/t16-,17+/m1/s1. The Bertz CT molecular complexity index is 361. The first-order valence-corrected chi connectivity index (χ1v) is 10.5. The third-order valence-electron chi connectivity index (χ3n) is 4.90. The van der Waals surface area contributed by atoms with Crippen LogP contribution in [0.25, 0.3) is 0 Å². The Morgan fingerprint density at radius 1 is 1.14 bits per heavy atom. The van der Waals surface area contributed by atoms with Crippen molar-refractivity contribution in [3.8, 4) is 0 Å². The molecule has 1 heterocycles. The number of rotatable bonds is 6. The largest absolute Gasteiger partial charge is 0.546 e. The quantitative estimate of drug-likeness (QED) is 0.464. The van der Waals surface area contributed by atoms with Crippen LogP contribution in [0.5, 0.6) is 0 Å². The Kier molecular flexibility index (Phi) is 6.73. The van der Waals surface area contributed by atoms with Gasteiger partial charge in [0.25, 0.3) is 8.32 Å². The summed E-state index contributed by atoms with van der Waals surface area (Å²) in [5.74, 6) is 1.46. The van der Waals surface area contributed by atoms with Gasteiger partial charge in [0.1, 0.15) is 0 Å². The lowest BCUT2D eigenvalue weighted by Crippen LogP contribution is -2.49. The Morgan fingerprint density at radius 2 is 1.67 bits per heavy atom. The number of hydrogen-bond acceptors (Lipinski definition) is 2. The van der Waals surface area contributed by atoms with E-state index in [4.69, 9.17) is 9.16 Å². The summed E-state index contributed by atoms with van der Waals surface area (Å²) in [4.78, 5) is 0. The number of hydrogen-bond donors (Lipinski definition) is 0. The summed E-state index contributed by atoms with van der Waals surface area (Å²) in [6.07, 6.45) is 6.51. The monoisotopic (exact) mass is 310 g/mol. The normalized spacial score (nSPS) is 24.2. The average molecular weight is 311 g/mol. The van der Waals surface area contributed by atoms with E-state index >= 15 is 0 Å². The zero-order valence-corrected chi connectivity index (χ0v) is 16.1. The van der Waals surface area contributed by atoms with Gasteiger partial charge in [0.15, 0.2) is 0 Å². The lowest BCUT2D eigenvalue weighted by molar-refractivity contribution is 0.0489. The molecule has 0 saturated carbocycles. The van der Waals surface area contributed by atoms with Gasteiger partial charge in [0.2, 0.25) is 0 Å². The summed E-state index contributed by atoms with van der Waals surface area (Å²) < 4.78 is 12.7. The van der Waals surface area contributed by atoms with Crippen LogP contribution in [0.3, 0.4) is 0 Å². The van der Waals surface area contributed by atoms with E-state index in [2.05, 4.69) is 66.7 Å². The van der Waals surface area contributed by atoms with Crippen LogP contribution in [-0.4, -0.2) is 21.0 Å². The molecule has 0 unspecified atom stereocenters. The van der Waals surface area contributed by atoms with E-state index in [1.807, 2.05) is 6.92 Å². The Hall–Kier alpha value is -0.543. The maximum absolute atomic E-state index is 6.84. The van der Waals surface area contributed by atoms with Crippen molar-refractivity contribution in [3.05, 3.63) is 24.0 Å². The molecule has 0 amide bonds. The summed E-state index contributed by atoms with van der Waals surface area (Å²) in [5.41, 5.74) is 1.82. The molecule has 2 nitrogen and oxygen atoms in total. The molecular weight excluding hydrogens is 276 g/mol. The minimum Gasteiger partial charge on any atom is -0.546 e. The van der Waals surface area contributed by atoms with Gasteiger partial charge >= 0.3 is 0 Å². The SMILES string of the molecule is C/C=C/[C@@H]1OCC=C(O[Si](C(C)C)(C(C)C)C(C)C)[C@@H]1C. The van der Waals surface area contributed by atoms with Crippen LogP contribution in [-0.2, 0) is 9.16 Å². The highest BCUT2D eigenvalue weighted by molar-refractivity contribution is 6.77. The molecule has 0 bridgehead atoms. The molecule has 0 aromatic heterocycles. The lowest BCUT2D eigenvalue weighted by Gasteiger charge is -2.45. The second-order valence-electron chi connectivity index (χ2n) is 7.14. The summed E-state index contributed by atoms with van der Waals surface area (Å²) in [5, 5.41) is 0. The van der Waals surface area contributed by atoms with Crippen LogP contribution in [0.15, 0.2) is 24.0 Å². The van der Waals surface area contributed by atoms with Crippen molar-refractivity contribution >= 4 is 8.32 Å². The lowest BCUT2D eigenvalue weighted by atomic mass is 10.00. The van der Waals surface area contributed by atoms with Gasteiger partial charge in [-0.15, -0.1) is 0 Å². The van der Waals surface area contributed by atoms with E-state index in [1.165, 1.54) is 0 Å². The van der Waals surface area contributed by atoms with Gasteiger partial charge in [0, 0.05) is 5.92 Å². The molecule has 0 fully saturated rings. The smallest absolute Gasteiger partial charge is 0.258 e. The molecule has 21 heavy (non-hydrogen) atoms.